The quantitative estimate of drug-likeness (QED) is 0.256. The van der Waals surface area contributed by atoms with Gasteiger partial charge in [-0.3, -0.25) is 4.79 Å². The maximum Gasteiger partial charge on any atom is 0.320 e. The number of aliphatic carboxylic acids is 1. The number of imidazole rings is 1. The van der Waals surface area contributed by atoms with Crippen LogP contribution in [-0.2, 0) is 9.53 Å². The predicted octanol–water partition coefficient (Wildman–Crippen LogP) is -1.10. The van der Waals surface area contributed by atoms with Crippen LogP contribution in [0.2, 0.25) is 0 Å². The van der Waals surface area contributed by atoms with Crippen molar-refractivity contribution in [3.05, 3.63) is 37.3 Å². The van der Waals surface area contributed by atoms with Crippen LogP contribution in [0.1, 0.15) is 19.1 Å². The van der Waals surface area contributed by atoms with E-state index >= 15 is 0 Å². The van der Waals surface area contributed by atoms with Crippen molar-refractivity contribution in [2.24, 2.45) is 5.73 Å². The standard InChI is InChI=1S/C19H29N7O5/c20-13(19(29)30)3-8-25(7-1-4-23-15-2-5-21-11-24-15)10-14-16(27)17(28)18(31-14)26-9-6-22-12-26/h2,5-6,9,11-14,16-18,27-28H,1,3-4,7-8,10,20H2,(H,29,30)(H,21,23,24)/t13-,14-,16+,17+,18+/m0/s1. The van der Waals surface area contributed by atoms with E-state index in [1.807, 2.05) is 4.90 Å². The summed E-state index contributed by atoms with van der Waals surface area (Å²) in [7, 11) is 0. The largest absolute Gasteiger partial charge is 0.480 e. The number of hydrogen-bond acceptors (Lipinski definition) is 10. The van der Waals surface area contributed by atoms with E-state index in [1.165, 1.54) is 12.7 Å². The number of anilines is 1. The first-order valence-corrected chi connectivity index (χ1v) is 10.2. The molecule has 3 rings (SSSR count). The lowest BCUT2D eigenvalue weighted by Crippen LogP contribution is -2.43. The van der Waals surface area contributed by atoms with Crippen LogP contribution >= 0.6 is 0 Å². The van der Waals surface area contributed by atoms with Crippen molar-refractivity contribution in [3.8, 4) is 0 Å². The maximum absolute atomic E-state index is 11.1. The number of nitrogens with one attached hydrogen (secondary N) is 1. The minimum atomic E-state index is -1.10. The molecule has 5 atom stereocenters. The third kappa shape index (κ3) is 6.42. The molecule has 12 nitrogen and oxygen atoms in total. The van der Waals surface area contributed by atoms with Crippen molar-refractivity contribution in [1.29, 1.82) is 0 Å². The van der Waals surface area contributed by atoms with Gasteiger partial charge < -0.3 is 40.6 Å². The molecule has 0 aliphatic carbocycles. The number of rotatable bonds is 12. The van der Waals surface area contributed by atoms with Crippen molar-refractivity contribution in [3.63, 3.8) is 0 Å². The molecule has 0 unspecified atom stereocenters. The van der Waals surface area contributed by atoms with Crippen LogP contribution in [0.25, 0.3) is 0 Å². The molecule has 2 aromatic heterocycles. The van der Waals surface area contributed by atoms with Gasteiger partial charge in [0, 0.05) is 38.2 Å². The summed E-state index contributed by atoms with van der Waals surface area (Å²) in [5.41, 5.74) is 5.66. The molecule has 1 aliphatic rings. The van der Waals surface area contributed by atoms with E-state index in [-0.39, 0.29) is 6.42 Å². The van der Waals surface area contributed by atoms with Gasteiger partial charge in [-0.25, -0.2) is 15.0 Å². The highest BCUT2D eigenvalue weighted by Gasteiger charge is 2.44. The minimum Gasteiger partial charge on any atom is -0.480 e. The van der Waals surface area contributed by atoms with Crippen LogP contribution < -0.4 is 11.1 Å². The highest BCUT2D eigenvalue weighted by molar-refractivity contribution is 5.72. The van der Waals surface area contributed by atoms with Crippen molar-refractivity contribution in [2.75, 3.05) is 31.5 Å². The smallest absolute Gasteiger partial charge is 0.320 e. The first-order valence-electron chi connectivity index (χ1n) is 10.2. The summed E-state index contributed by atoms with van der Waals surface area (Å²) in [5.74, 6) is -0.339. The summed E-state index contributed by atoms with van der Waals surface area (Å²) in [4.78, 5) is 25.0. The zero-order valence-electron chi connectivity index (χ0n) is 17.1. The van der Waals surface area contributed by atoms with Crippen molar-refractivity contribution in [2.45, 2.75) is 43.4 Å². The summed E-state index contributed by atoms with van der Waals surface area (Å²) in [6.45, 7) is 2.00. The molecule has 12 heteroatoms. The zero-order chi connectivity index (χ0) is 22.2. The minimum absolute atomic E-state index is 0.255. The summed E-state index contributed by atoms with van der Waals surface area (Å²) in [5, 5.41) is 33.1. The van der Waals surface area contributed by atoms with Gasteiger partial charge in [0.05, 0.1) is 6.33 Å². The summed E-state index contributed by atoms with van der Waals surface area (Å²) < 4.78 is 7.49. The molecule has 1 aliphatic heterocycles. The van der Waals surface area contributed by atoms with E-state index in [9.17, 15) is 15.0 Å². The second-order valence-electron chi connectivity index (χ2n) is 7.47. The molecular weight excluding hydrogens is 406 g/mol. The zero-order valence-corrected chi connectivity index (χ0v) is 17.1. The van der Waals surface area contributed by atoms with Gasteiger partial charge >= 0.3 is 5.97 Å². The van der Waals surface area contributed by atoms with Gasteiger partial charge in [0.15, 0.2) is 6.23 Å². The molecule has 1 saturated heterocycles. The highest BCUT2D eigenvalue weighted by atomic mass is 16.6. The Morgan fingerprint density at radius 3 is 2.81 bits per heavy atom. The number of nitrogens with zero attached hydrogens (tertiary/aromatic N) is 5. The monoisotopic (exact) mass is 435 g/mol. The molecule has 0 spiro atoms. The fraction of sp³-hybridized carbons (Fsp3) is 0.579. The lowest BCUT2D eigenvalue weighted by Gasteiger charge is -2.27. The lowest BCUT2D eigenvalue weighted by molar-refractivity contribution is -0.138. The molecule has 2 aromatic rings. The summed E-state index contributed by atoms with van der Waals surface area (Å²) >= 11 is 0. The number of aromatic nitrogens is 4. The molecular formula is C19H29N7O5. The van der Waals surface area contributed by atoms with Crippen LogP contribution in [0.3, 0.4) is 0 Å². The number of aliphatic hydroxyl groups is 2. The van der Waals surface area contributed by atoms with Crippen molar-refractivity contribution >= 4 is 11.8 Å². The fourth-order valence-corrected chi connectivity index (χ4v) is 3.45. The molecule has 6 N–H and O–H groups in total. The molecule has 0 aromatic carbocycles. The molecule has 0 amide bonds. The third-order valence-corrected chi connectivity index (χ3v) is 5.21. The average Bonchev–Trinajstić information content (AvgIpc) is 3.39. The molecule has 0 radical (unpaired) electrons. The van der Waals surface area contributed by atoms with E-state index in [0.29, 0.717) is 26.2 Å². The first-order chi connectivity index (χ1) is 15.0. The Bertz CT molecular complexity index is 794. The van der Waals surface area contributed by atoms with Gasteiger partial charge in [-0.15, -0.1) is 0 Å². The Balaban J connectivity index is 1.55. The van der Waals surface area contributed by atoms with Crippen molar-refractivity contribution in [1.82, 2.24) is 24.4 Å². The number of carboxylic acid groups (broad SMARTS) is 1. The maximum atomic E-state index is 11.1. The first kappa shape index (κ1) is 23.0. The number of carbonyl (C=O) groups is 1. The van der Waals surface area contributed by atoms with E-state index in [2.05, 4.69) is 20.3 Å². The molecule has 0 saturated carbocycles. The Labute approximate surface area is 179 Å². The number of carboxylic acids is 1. The Morgan fingerprint density at radius 2 is 2.13 bits per heavy atom. The van der Waals surface area contributed by atoms with Gasteiger partial charge in [-0.05, 0) is 25.5 Å². The molecule has 31 heavy (non-hydrogen) atoms. The number of ether oxygens (including phenoxy) is 1. The normalized spacial score (nSPS) is 24.4. The number of aliphatic hydroxyl groups excluding tert-OH is 2. The van der Waals surface area contributed by atoms with Crippen LogP contribution in [-0.4, -0.2) is 96.2 Å². The lowest BCUT2D eigenvalue weighted by atomic mass is 10.1. The summed E-state index contributed by atoms with van der Waals surface area (Å²) in [6, 6.07) is 0.796. The number of hydrogen-bond donors (Lipinski definition) is 5. The van der Waals surface area contributed by atoms with Gasteiger partial charge in [0.1, 0.15) is 36.5 Å². The Kier molecular flexibility index (Phi) is 8.26. The SMILES string of the molecule is N[C@@H](CCN(CCCNc1ccncn1)C[C@@H]1O[C@@H](n2ccnc2)[C@H](O)[C@@H]1O)C(=O)O. The summed E-state index contributed by atoms with van der Waals surface area (Å²) in [6.07, 6.45) is 5.30. The van der Waals surface area contributed by atoms with Gasteiger partial charge in [0.25, 0.3) is 0 Å². The highest BCUT2D eigenvalue weighted by Crippen LogP contribution is 2.29. The van der Waals surface area contributed by atoms with Gasteiger partial charge in [-0.1, -0.05) is 0 Å². The van der Waals surface area contributed by atoms with Crippen LogP contribution in [0, 0.1) is 0 Å². The average molecular weight is 435 g/mol. The topological polar surface area (TPSA) is 172 Å². The predicted molar refractivity (Wildman–Crippen MR) is 110 cm³/mol. The fourth-order valence-electron chi connectivity index (χ4n) is 3.45. The molecule has 0 bridgehead atoms. The van der Waals surface area contributed by atoms with E-state index in [1.54, 1.807) is 29.2 Å². The van der Waals surface area contributed by atoms with E-state index < -0.39 is 36.6 Å². The van der Waals surface area contributed by atoms with Crippen molar-refractivity contribution < 1.29 is 24.9 Å². The number of nitrogens with two attached hydrogens (primary N) is 1. The van der Waals surface area contributed by atoms with Gasteiger partial charge in [0.2, 0.25) is 0 Å². The second kappa shape index (κ2) is 11.1. The van der Waals surface area contributed by atoms with Crippen LogP contribution in [0.4, 0.5) is 5.82 Å². The van der Waals surface area contributed by atoms with Crippen LogP contribution in [0.15, 0.2) is 37.3 Å². The second-order valence-corrected chi connectivity index (χ2v) is 7.47. The third-order valence-electron chi connectivity index (χ3n) is 5.21. The Hall–Kier alpha value is -2.64. The molecule has 3 heterocycles. The molecule has 1 fully saturated rings. The van der Waals surface area contributed by atoms with Gasteiger partial charge in [-0.2, -0.15) is 0 Å². The Morgan fingerprint density at radius 1 is 1.29 bits per heavy atom. The van der Waals surface area contributed by atoms with Crippen LogP contribution in [0.5, 0.6) is 0 Å². The van der Waals surface area contributed by atoms with E-state index in [0.717, 1.165) is 12.2 Å². The van der Waals surface area contributed by atoms with E-state index in [4.69, 9.17) is 15.6 Å². The molecule has 170 valence electrons.